The number of nitrogens with one attached hydrogen (secondary N) is 4. The molecule has 278 valence electrons. The molecular formula is C49H56N4O. The number of hydrogen-bond donors (Lipinski definition) is 4. The van der Waals surface area contributed by atoms with Gasteiger partial charge in [0.15, 0.2) is 0 Å². The van der Waals surface area contributed by atoms with Crippen LogP contribution < -0.4 is 20.8 Å². The van der Waals surface area contributed by atoms with E-state index < -0.39 is 0 Å². The van der Waals surface area contributed by atoms with Gasteiger partial charge < -0.3 is 25.0 Å². The maximum atomic E-state index is 5.64. The lowest BCUT2D eigenvalue weighted by molar-refractivity contribution is 0.415. The molecule has 2 aliphatic rings. The van der Waals surface area contributed by atoms with Crippen molar-refractivity contribution in [2.75, 3.05) is 12.4 Å². The maximum absolute atomic E-state index is 5.64. The monoisotopic (exact) mass is 716 g/mol. The van der Waals surface area contributed by atoms with Crippen LogP contribution in [0.15, 0.2) is 60.3 Å². The van der Waals surface area contributed by atoms with E-state index in [1.807, 2.05) is 0 Å². The Morgan fingerprint density at radius 3 is 1.96 bits per heavy atom. The van der Waals surface area contributed by atoms with E-state index in [1.165, 1.54) is 111 Å². The number of aromatic amines is 3. The standard InChI is InChI=1S/C49H56N4O/c1-10-32-28(8)39-27-42-49(15-6,16-7)38-25-30-19-17-18-20-37(30)44(48(38)53-42)47-36(14-5)34(12-3)41(52-47)26-40-33(11-2)35(13-4)46(51-40)43(45(32)50-39)29-21-23-31(54-9)24-22-29/h17-27,50-53H,10-16H2,1-9H3. The normalized spacial score (nSPS) is 14.3. The summed E-state index contributed by atoms with van der Waals surface area (Å²) in [7, 11) is 1.74. The number of allylic oxidation sites excluding steroid dienone is 1. The third-order valence-corrected chi connectivity index (χ3v) is 12.9. The number of anilines is 1. The first-order chi connectivity index (χ1) is 26.3. The van der Waals surface area contributed by atoms with Crippen LogP contribution in [0.4, 0.5) is 5.69 Å². The highest BCUT2D eigenvalue weighted by molar-refractivity contribution is 6.06. The third kappa shape index (κ3) is 5.18. The van der Waals surface area contributed by atoms with Crippen LogP contribution in [0, 0.1) is 6.92 Å². The van der Waals surface area contributed by atoms with Crippen LogP contribution in [0.3, 0.4) is 0 Å². The van der Waals surface area contributed by atoms with Gasteiger partial charge >= 0.3 is 0 Å². The quantitative estimate of drug-likeness (QED) is 0.120. The van der Waals surface area contributed by atoms with Crippen molar-refractivity contribution in [1.82, 2.24) is 15.0 Å². The summed E-state index contributed by atoms with van der Waals surface area (Å²) in [5.41, 5.74) is 20.5. The molecule has 0 saturated heterocycles. The SMILES string of the molecule is CCc1c2[nH]c(c1C)C=C1Nc3c(cc4ccccc4c3-c3[nH]c(c(CC)c3CC)C=c3[nH]c(c(CC)c3CC)=C2c2ccc(OC)cc2)C1(CC)CC. The average Bonchev–Trinajstić information content (AvgIpc) is 3.92. The Labute approximate surface area is 320 Å². The molecule has 4 N–H and O–H groups in total. The van der Waals surface area contributed by atoms with Gasteiger partial charge in [0.2, 0.25) is 0 Å². The molecule has 0 amide bonds. The summed E-state index contributed by atoms with van der Waals surface area (Å²) in [6.45, 7) is 18.5. The Balaban J connectivity index is 1.61. The van der Waals surface area contributed by atoms with Crippen LogP contribution in [-0.2, 0) is 37.5 Å². The van der Waals surface area contributed by atoms with Gasteiger partial charge in [0.25, 0.3) is 0 Å². The third-order valence-electron chi connectivity index (χ3n) is 12.9. The highest BCUT2D eigenvalue weighted by Gasteiger charge is 2.43. The Bertz CT molecular complexity index is 2560. The Hall–Kier alpha value is -5.16. The molecule has 5 heterocycles. The fourth-order valence-corrected chi connectivity index (χ4v) is 10.1. The van der Waals surface area contributed by atoms with E-state index in [9.17, 15) is 0 Å². The Kier molecular flexibility index (Phi) is 9.24. The molecule has 3 aromatic carbocycles. The van der Waals surface area contributed by atoms with Crippen LogP contribution in [0.25, 0.3) is 39.8 Å². The number of benzene rings is 3. The van der Waals surface area contributed by atoms with E-state index in [4.69, 9.17) is 4.74 Å². The molecule has 0 fully saturated rings. The second-order valence-electron chi connectivity index (χ2n) is 15.1. The zero-order chi connectivity index (χ0) is 37.9. The van der Waals surface area contributed by atoms with Crippen LogP contribution in [0.5, 0.6) is 5.75 Å². The number of fused-ring (bicyclic) bond motifs is 10. The summed E-state index contributed by atoms with van der Waals surface area (Å²) in [4.78, 5) is 12.3. The van der Waals surface area contributed by atoms with Gasteiger partial charge in [-0.3, -0.25) is 0 Å². The van der Waals surface area contributed by atoms with Crippen molar-refractivity contribution in [3.63, 3.8) is 0 Å². The molecule has 0 aliphatic carbocycles. The molecule has 0 saturated carbocycles. The summed E-state index contributed by atoms with van der Waals surface area (Å²) < 4.78 is 5.64. The number of hydrogen-bond acceptors (Lipinski definition) is 2. The maximum Gasteiger partial charge on any atom is 0.118 e. The molecule has 2 aliphatic heterocycles. The number of rotatable bonds is 9. The van der Waals surface area contributed by atoms with Crippen molar-refractivity contribution in [2.45, 2.75) is 106 Å². The van der Waals surface area contributed by atoms with Crippen LogP contribution in [0.2, 0.25) is 0 Å². The predicted octanol–water partition coefficient (Wildman–Crippen LogP) is 10.5. The van der Waals surface area contributed by atoms with Gasteiger partial charge in [-0.1, -0.05) is 84.9 Å². The fourth-order valence-electron chi connectivity index (χ4n) is 10.1. The van der Waals surface area contributed by atoms with Gasteiger partial charge in [-0.25, -0.2) is 0 Å². The topological polar surface area (TPSA) is 68.6 Å². The van der Waals surface area contributed by atoms with Crippen molar-refractivity contribution in [1.29, 1.82) is 0 Å². The summed E-state index contributed by atoms with van der Waals surface area (Å²) in [6, 6.07) is 20.1. The second-order valence-corrected chi connectivity index (χ2v) is 15.1. The zero-order valence-corrected chi connectivity index (χ0v) is 33.7. The van der Waals surface area contributed by atoms with Crippen LogP contribution in [0.1, 0.15) is 123 Å². The minimum atomic E-state index is -0.157. The van der Waals surface area contributed by atoms with Crippen molar-refractivity contribution < 1.29 is 4.74 Å². The summed E-state index contributed by atoms with van der Waals surface area (Å²) >= 11 is 0. The predicted molar refractivity (Wildman–Crippen MR) is 228 cm³/mol. The number of aromatic nitrogens is 3. The molecular weight excluding hydrogens is 661 g/mol. The first-order valence-corrected chi connectivity index (χ1v) is 20.4. The second kappa shape index (κ2) is 13.9. The summed E-state index contributed by atoms with van der Waals surface area (Å²) in [5.74, 6) is 0.859. The lowest BCUT2D eigenvalue weighted by Gasteiger charge is -2.29. The molecule has 8 bridgehead atoms. The zero-order valence-electron chi connectivity index (χ0n) is 33.7. The molecule has 0 atom stereocenters. The van der Waals surface area contributed by atoms with E-state index in [2.05, 4.69) is 142 Å². The van der Waals surface area contributed by atoms with Gasteiger partial charge in [0, 0.05) is 39.0 Å². The van der Waals surface area contributed by atoms with Gasteiger partial charge in [0.1, 0.15) is 5.75 Å². The van der Waals surface area contributed by atoms with Crippen molar-refractivity contribution in [3.8, 4) is 17.0 Å². The minimum Gasteiger partial charge on any atom is -0.497 e. The fraction of sp³-hybridized carbons (Fsp3) is 0.347. The van der Waals surface area contributed by atoms with Crippen LogP contribution >= 0.6 is 0 Å². The molecule has 6 aromatic rings. The Morgan fingerprint density at radius 2 is 1.31 bits per heavy atom. The molecule has 0 radical (unpaired) electrons. The highest BCUT2D eigenvalue weighted by atomic mass is 16.5. The number of H-pyrrole nitrogens is 3. The van der Waals surface area contributed by atoms with E-state index >= 15 is 0 Å². The first kappa shape index (κ1) is 35.8. The lowest BCUT2D eigenvalue weighted by atomic mass is 9.73. The minimum absolute atomic E-state index is 0.157. The molecule has 5 nitrogen and oxygen atoms in total. The molecule has 54 heavy (non-hydrogen) atoms. The number of ether oxygens (including phenoxy) is 1. The first-order valence-electron chi connectivity index (χ1n) is 20.4. The molecule has 0 unspecified atom stereocenters. The Morgan fingerprint density at radius 1 is 0.648 bits per heavy atom. The van der Waals surface area contributed by atoms with E-state index in [-0.39, 0.29) is 5.41 Å². The molecule has 0 spiro atoms. The smallest absolute Gasteiger partial charge is 0.118 e. The van der Waals surface area contributed by atoms with E-state index in [0.717, 1.165) is 50.7 Å². The van der Waals surface area contributed by atoms with E-state index in [0.29, 0.717) is 0 Å². The summed E-state index contributed by atoms with van der Waals surface area (Å²) in [6.07, 6.45) is 11.6. The summed E-state index contributed by atoms with van der Waals surface area (Å²) in [5, 5.41) is 9.11. The van der Waals surface area contributed by atoms with Crippen molar-refractivity contribution in [3.05, 3.63) is 133 Å². The number of methoxy groups -OCH3 is 1. The molecule has 8 rings (SSSR count). The lowest BCUT2D eigenvalue weighted by Crippen LogP contribution is -2.24. The van der Waals surface area contributed by atoms with Crippen molar-refractivity contribution >= 4 is 34.2 Å². The molecule has 5 heteroatoms. The largest absolute Gasteiger partial charge is 0.497 e. The molecule has 3 aromatic heterocycles. The van der Waals surface area contributed by atoms with E-state index in [1.54, 1.807) is 7.11 Å². The van der Waals surface area contributed by atoms with Gasteiger partial charge in [-0.2, -0.15) is 0 Å². The van der Waals surface area contributed by atoms with Crippen molar-refractivity contribution in [2.24, 2.45) is 0 Å². The highest BCUT2D eigenvalue weighted by Crippen LogP contribution is 2.55. The van der Waals surface area contributed by atoms with Gasteiger partial charge in [0.05, 0.1) is 29.5 Å². The van der Waals surface area contributed by atoms with Gasteiger partial charge in [-0.05, 0) is 138 Å². The van der Waals surface area contributed by atoms with Gasteiger partial charge in [-0.15, -0.1) is 0 Å². The van der Waals surface area contributed by atoms with Crippen LogP contribution in [-0.4, -0.2) is 22.1 Å². The average molecular weight is 717 g/mol.